The molecule has 2 bridgehead atoms. The molecule has 4 aliphatic rings. The Hall–Kier alpha value is -4.69. The van der Waals surface area contributed by atoms with Gasteiger partial charge in [-0.05, 0) is 30.2 Å². The lowest BCUT2D eigenvalue weighted by molar-refractivity contribution is -0.00876. The summed E-state index contributed by atoms with van der Waals surface area (Å²) in [6, 6.07) is 11.7. The van der Waals surface area contributed by atoms with Gasteiger partial charge in [-0.15, -0.1) is 5.10 Å². The number of methoxy groups -OCH3 is 1. The molecule has 9 rings (SSSR count). The number of nitrogens with one attached hydrogen (secondary N) is 1. The highest BCUT2D eigenvalue weighted by molar-refractivity contribution is 6.01. The van der Waals surface area contributed by atoms with Crippen LogP contribution in [0.4, 0.5) is 11.5 Å². The molecule has 4 fully saturated rings. The normalized spacial score (nSPS) is 20.9. The van der Waals surface area contributed by atoms with Crippen LogP contribution in [0.25, 0.3) is 32.5 Å². The molecule has 0 spiro atoms. The number of piperidine rings is 1. The number of piperazine rings is 1. The van der Waals surface area contributed by atoms with Crippen LogP contribution in [-0.2, 0) is 6.54 Å². The van der Waals surface area contributed by atoms with E-state index in [0.717, 1.165) is 71.9 Å². The van der Waals surface area contributed by atoms with Gasteiger partial charge >= 0.3 is 0 Å². The van der Waals surface area contributed by atoms with Crippen molar-refractivity contribution >= 4 is 28.1 Å². The number of aromatic amines is 1. The Morgan fingerprint density at radius 2 is 1.90 bits per heavy atom. The SMILES string of the molecule is [C-]#[N+]C1CN(c2cc(-c3ccc(N4CC5CC(C4)N5Cc4ccc(OC)nc4)nc3)c3c4cn[nH]c4nn3c2)C1. The first kappa shape index (κ1) is 23.2. The molecule has 5 aromatic heterocycles. The first-order valence-electron chi connectivity index (χ1n) is 13.6. The number of hydrogen-bond donors (Lipinski definition) is 1. The van der Waals surface area contributed by atoms with Crippen LogP contribution in [0.15, 0.2) is 55.1 Å². The second-order valence-corrected chi connectivity index (χ2v) is 11.0. The first-order chi connectivity index (χ1) is 19.7. The zero-order valence-electron chi connectivity index (χ0n) is 22.1. The molecule has 0 amide bonds. The van der Waals surface area contributed by atoms with Crippen LogP contribution in [0.2, 0.25) is 0 Å². The highest BCUT2D eigenvalue weighted by atomic mass is 16.5. The van der Waals surface area contributed by atoms with Gasteiger partial charge in [0.1, 0.15) is 5.82 Å². The summed E-state index contributed by atoms with van der Waals surface area (Å²) < 4.78 is 7.12. The van der Waals surface area contributed by atoms with Crippen molar-refractivity contribution in [3.05, 3.63) is 72.1 Å². The van der Waals surface area contributed by atoms with E-state index in [9.17, 15) is 0 Å². The minimum atomic E-state index is 0.0658. The molecule has 0 aliphatic carbocycles. The van der Waals surface area contributed by atoms with Gasteiger partial charge in [0.25, 0.3) is 6.04 Å². The molecule has 200 valence electrons. The van der Waals surface area contributed by atoms with E-state index in [2.05, 4.69) is 59.0 Å². The minimum absolute atomic E-state index is 0.0658. The number of nitrogens with zero attached hydrogens (tertiary/aromatic N) is 9. The van der Waals surface area contributed by atoms with Gasteiger partial charge in [-0.1, -0.05) is 6.07 Å². The maximum Gasteiger partial charge on any atom is 0.257 e. The summed E-state index contributed by atoms with van der Waals surface area (Å²) in [7, 11) is 1.64. The van der Waals surface area contributed by atoms with E-state index in [1.807, 2.05) is 35.4 Å². The Kier molecular flexibility index (Phi) is 5.18. The Balaban J connectivity index is 1.04. The summed E-state index contributed by atoms with van der Waals surface area (Å²) in [5.74, 6) is 1.67. The third-order valence-corrected chi connectivity index (χ3v) is 8.62. The van der Waals surface area contributed by atoms with Gasteiger partial charge in [-0.2, -0.15) is 5.10 Å². The molecule has 0 radical (unpaired) electrons. The van der Waals surface area contributed by atoms with Crippen molar-refractivity contribution in [1.29, 1.82) is 0 Å². The third-order valence-electron chi connectivity index (χ3n) is 8.62. The number of fused-ring (bicyclic) bond motifs is 5. The average molecular weight is 533 g/mol. The Morgan fingerprint density at radius 3 is 2.62 bits per heavy atom. The summed E-state index contributed by atoms with van der Waals surface area (Å²) in [6.07, 6.45) is 9.00. The molecule has 5 aromatic rings. The van der Waals surface area contributed by atoms with E-state index < -0.39 is 0 Å². The minimum Gasteiger partial charge on any atom is -0.481 e. The molecule has 4 aliphatic heterocycles. The molecule has 1 N–H and O–H groups in total. The monoisotopic (exact) mass is 532 g/mol. The van der Waals surface area contributed by atoms with Crippen molar-refractivity contribution in [1.82, 2.24) is 34.7 Å². The molecule has 9 heterocycles. The smallest absolute Gasteiger partial charge is 0.257 e. The molecule has 0 saturated carbocycles. The number of aromatic nitrogens is 6. The second-order valence-electron chi connectivity index (χ2n) is 11.0. The van der Waals surface area contributed by atoms with Crippen LogP contribution in [-0.4, -0.2) is 86.1 Å². The van der Waals surface area contributed by atoms with Gasteiger partial charge in [0.15, 0.2) is 5.65 Å². The molecular weight excluding hydrogens is 504 g/mol. The van der Waals surface area contributed by atoms with E-state index in [-0.39, 0.29) is 6.04 Å². The van der Waals surface area contributed by atoms with Crippen molar-refractivity contribution < 1.29 is 4.74 Å². The van der Waals surface area contributed by atoms with Gasteiger partial charge in [-0.3, -0.25) is 10.00 Å². The fourth-order valence-electron chi connectivity index (χ4n) is 6.39. The van der Waals surface area contributed by atoms with Crippen LogP contribution in [0.3, 0.4) is 0 Å². The summed E-state index contributed by atoms with van der Waals surface area (Å²) in [5.41, 5.74) is 6.15. The highest BCUT2D eigenvalue weighted by Gasteiger charge is 2.44. The zero-order chi connectivity index (χ0) is 26.8. The molecule has 0 aromatic carbocycles. The van der Waals surface area contributed by atoms with Gasteiger partial charge in [0.2, 0.25) is 5.88 Å². The maximum atomic E-state index is 7.32. The first-order valence-corrected chi connectivity index (χ1v) is 13.6. The predicted octanol–water partition coefficient (Wildman–Crippen LogP) is 3.25. The molecule has 11 heteroatoms. The number of anilines is 2. The fourth-order valence-corrected chi connectivity index (χ4v) is 6.39. The lowest BCUT2D eigenvalue weighted by Gasteiger charge is -2.56. The highest BCUT2D eigenvalue weighted by Crippen LogP contribution is 2.37. The van der Waals surface area contributed by atoms with Crippen molar-refractivity contribution in [2.45, 2.75) is 31.1 Å². The quantitative estimate of drug-likeness (QED) is 0.333. The van der Waals surface area contributed by atoms with Gasteiger partial charge in [0, 0.05) is 61.3 Å². The van der Waals surface area contributed by atoms with Crippen LogP contribution in [0.5, 0.6) is 5.88 Å². The van der Waals surface area contributed by atoms with E-state index >= 15 is 0 Å². The fraction of sp³-hybridized carbons (Fsp3) is 0.345. The van der Waals surface area contributed by atoms with E-state index in [1.165, 1.54) is 12.0 Å². The zero-order valence-corrected chi connectivity index (χ0v) is 22.1. The Morgan fingerprint density at radius 1 is 1.02 bits per heavy atom. The predicted molar refractivity (Wildman–Crippen MR) is 151 cm³/mol. The van der Waals surface area contributed by atoms with Crippen LogP contribution in [0.1, 0.15) is 12.0 Å². The molecule has 4 saturated heterocycles. The Labute approximate surface area is 230 Å². The average Bonchev–Trinajstić information content (AvgIpc) is 3.57. The largest absolute Gasteiger partial charge is 0.481 e. The van der Waals surface area contributed by atoms with Crippen molar-refractivity contribution in [3.63, 3.8) is 0 Å². The van der Waals surface area contributed by atoms with Gasteiger partial charge < -0.3 is 19.4 Å². The van der Waals surface area contributed by atoms with Crippen LogP contribution in [0, 0.1) is 6.57 Å². The topological polar surface area (TPSA) is 95.1 Å². The van der Waals surface area contributed by atoms with Crippen LogP contribution < -0.4 is 14.5 Å². The van der Waals surface area contributed by atoms with E-state index in [0.29, 0.717) is 18.0 Å². The molecule has 40 heavy (non-hydrogen) atoms. The van der Waals surface area contributed by atoms with Crippen molar-refractivity contribution in [2.24, 2.45) is 0 Å². The summed E-state index contributed by atoms with van der Waals surface area (Å²) in [5, 5.41) is 12.9. The number of H-pyrrole nitrogens is 1. The van der Waals surface area contributed by atoms with E-state index in [1.54, 1.807) is 7.11 Å². The van der Waals surface area contributed by atoms with Crippen molar-refractivity contribution in [2.75, 3.05) is 43.1 Å². The second kappa shape index (κ2) is 8.93. The van der Waals surface area contributed by atoms with Gasteiger partial charge in [-0.25, -0.2) is 21.1 Å². The summed E-state index contributed by atoms with van der Waals surface area (Å²) in [6.45, 7) is 11.7. The third kappa shape index (κ3) is 3.67. The number of pyridine rings is 3. The summed E-state index contributed by atoms with van der Waals surface area (Å²) in [4.78, 5) is 20.2. The Bertz CT molecular complexity index is 1730. The van der Waals surface area contributed by atoms with Crippen molar-refractivity contribution in [3.8, 4) is 17.0 Å². The van der Waals surface area contributed by atoms with E-state index in [4.69, 9.17) is 21.4 Å². The molecule has 2 atom stereocenters. The summed E-state index contributed by atoms with van der Waals surface area (Å²) >= 11 is 0. The van der Waals surface area contributed by atoms with Gasteiger partial charge in [0.05, 0.1) is 49.2 Å². The maximum absolute atomic E-state index is 7.32. The lowest BCUT2D eigenvalue weighted by Crippen LogP contribution is -2.68. The number of hydrogen-bond acceptors (Lipinski definition) is 8. The molecule has 11 nitrogen and oxygen atoms in total. The van der Waals surface area contributed by atoms with Crippen LogP contribution >= 0.6 is 0 Å². The number of ether oxygens (including phenoxy) is 1. The standard InChI is InChI=1S/C29H28N10O/c1-30-20-13-36(14-20)21-8-24(28-25-11-33-34-29(25)35-39(28)17-21)19-4-5-26(31-10-19)37-15-22-7-23(16-37)38(22)12-18-3-6-27(40-2)32-9-18/h3-6,8-11,17,20,22-23H,7,12-16H2,2H3,(H,34,35). The number of rotatable bonds is 6. The molecule has 2 unspecified atom stereocenters. The molecular formula is C29H28N10O. The lowest BCUT2D eigenvalue weighted by atomic mass is 9.87.